The van der Waals surface area contributed by atoms with Crippen LogP contribution in [0.25, 0.3) is 0 Å². The highest BCUT2D eigenvalue weighted by molar-refractivity contribution is 6.05. The number of amides is 4. The molecule has 1 heterocycles. The van der Waals surface area contributed by atoms with E-state index < -0.39 is 12.1 Å². The number of likely N-dealkylation sites (tertiary alicyclic amines) is 1. The van der Waals surface area contributed by atoms with Crippen molar-refractivity contribution in [3.63, 3.8) is 0 Å². The summed E-state index contributed by atoms with van der Waals surface area (Å²) in [6.07, 6.45) is 1.72. The van der Waals surface area contributed by atoms with E-state index in [1.54, 1.807) is 0 Å². The van der Waals surface area contributed by atoms with Crippen LogP contribution in [-0.2, 0) is 9.59 Å². The number of urea groups is 1. The summed E-state index contributed by atoms with van der Waals surface area (Å²) in [5.74, 6) is -0.295. The first-order chi connectivity index (χ1) is 9.01. The minimum absolute atomic E-state index is 0.0180. The van der Waals surface area contributed by atoms with Gasteiger partial charge in [-0.05, 0) is 12.8 Å². The monoisotopic (exact) mass is 270 g/mol. The highest BCUT2D eigenvalue weighted by Gasteiger charge is 2.40. The Balaban J connectivity index is 2.48. The number of nitrogens with one attached hydrogen (secondary N) is 2. The maximum absolute atomic E-state index is 12.1. The largest absolute Gasteiger partial charge is 0.352 e. The molecule has 0 spiro atoms. The first kappa shape index (κ1) is 15.4. The van der Waals surface area contributed by atoms with E-state index in [0.717, 1.165) is 12.8 Å². The number of carbonyl (C=O) groups is 3. The lowest BCUT2D eigenvalue weighted by Gasteiger charge is -2.24. The van der Waals surface area contributed by atoms with E-state index >= 15 is 0 Å². The second-order valence-electron chi connectivity index (χ2n) is 4.57. The molecule has 1 rings (SSSR count). The first-order valence-electron chi connectivity index (χ1n) is 6.63. The van der Waals surface area contributed by atoms with Crippen molar-refractivity contribution in [3.8, 4) is 0 Å². The molecule has 0 aromatic heterocycles. The first-order valence-corrected chi connectivity index (χ1v) is 6.63. The van der Waals surface area contributed by atoms with E-state index in [-0.39, 0.29) is 24.3 Å². The normalized spacial score (nSPS) is 19.3. The number of imide groups is 1. The second kappa shape index (κ2) is 7.08. The quantitative estimate of drug-likeness (QED) is 0.431. The van der Waals surface area contributed by atoms with Crippen molar-refractivity contribution in [1.29, 1.82) is 0 Å². The predicted molar refractivity (Wildman–Crippen MR) is 70.2 cm³/mol. The van der Waals surface area contributed by atoms with Gasteiger partial charge < -0.3 is 16.4 Å². The third kappa shape index (κ3) is 3.92. The van der Waals surface area contributed by atoms with Gasteiger partial charge in [0.1, 0.15) is 0 Å². The summed E-state index contributed by atoms with van der Waals surface area (Å²) in [7, 11) is 0. The summed E-state index contributed by atoms with van der Waals surface area (Å²) < 4.78 is 0. The maximum atomic E-state index is 12.1. The van der Waals surface area contributed by atoms with Gasteiger partial charge in [-0.2, -0.15) is 0 Å². The molecule has 0 bridgehead atoms. The van der Waals surface area contributed by atoms with Gasteiger partial charge in [-0.3, -0.25) is 14.5 Å². The van der Waals surface area contributed by atoms with E-state index in [1.165, 1.54) is 4.90 Å². The van der Waals surface area contributed by atoms with Crippen LogP contribution >= 0.6 is 0 Å². The van der Waals surface area contributed by atoms with E-state index in [0.29, 0.717) is 13.1 Å². The number of carbonyl (C=O) groups excluding carboxylic acids is 3. The molecule has 1 saturated heterocycles. The highest BCUT2D eigenvalue weighted by Crippen LogP contribution is 2.19. The molecule has 0 aromatic carbocycles. The average Bonchev–Trinajstić information content (AvgIpc) is 2.64. The van der Waals surface area contributed by atoms with Crippen molar-refractivity contribution in [2.45, 2.75) is 45.2 Å². The molecule has 7 nitrogen and oxygen atoms in total. The van der Waals surface area contributed by atoms with E-state index in [2.05, 4.69) is 10.6 Å². The Hall–Kier alpha value is -1.63. The van der Waals surface area contributed by atoms with Gasteiger partial charge in [0.25, 0.3) is 0 Å². The minimum Gasteiger partial charge on any atom is -0.352 e. The predicted octanol–water partition coefficient (Wildman–Crippen LogP) is -0.440. The van der Waals surface area contributed by atoms with Crippen LogP contribution in [0, 0.1) is 0 Å². The lowest BCUT2D eigenvalue weighted by atomic mass is 10.1. The zero-order valence-corrected chi connectivity index (χ0v) is 11.4. The van der Waals surface area contributed by atoms with Gasteiger partial charge in [0.15, 0.2) is 0 Å². The summed E-state index contributed by atoms with van der Waals surface area (Å²) in [5.41, 5.74) is 4.93. The minimum atomic E-state index is -0.603. The number of nitrogens with zero attached hydrogens (tertiary/aromatic N) is 1. The fourth-order valence-electron chi connectivity index (χ4n) is 2.28. The Labute approximate surface area is 112 Å². The number of hydrogen-bond donors (Lipinski definition) is 3. The number of nitrogens with two attached hydrogens (primary N) is 1. The third-order valence-corrected chi connectivity index (χ3v) is 3.31. The molecule has 19 heavy (non-hydrogen) atoms. The van der Waals surface area contributed by atoms with Crippen LogP contribution in [0.1, 0.15) is 33.1 Å². The molecule has 0 radical (unpaired) electrons. The molecule has 0 aromatic rings. The van der Waals surface area contributed by atoms with Crippen LogP contribution < -0.4 is 16.4 Å². The van der Waals surface area contributed by atoms with E-state index in [9.17, 15) is 14.4 Å². The van der Waals surface area contributed by atoms with Crippen LogP contribution in [-0.4, -0.2) is 47.9 Å². The van der Waals surface area contributed by atoms with Gasteiger partial charge >= 0.3 is 6.03 Å². The van der Waals surface area contributed by atoms with Gasteiger partial charge in [0.2, 0.25) is 11.8 Å². The zero-order chi connectivity index (χ0) is 14.4. The summed E-state index contributed by atoms with van der Waals surface area (Å²) in [5, 5.41) is 5.39. The molecule has 4 N–H and O–H groups in total. The summed E-state index contributed by atoms with van der Waals surface area (Å²) in [6, 6.07) is -1.10. The van der Waals surface area contributed by atoms with Gasteiger partial charge in [-0.15, -0.1) is 0 Å². The topological polar surface area (TPSA) is 105 Å². The van der Waals surface area contributed by atoms with Crippen LogP contribution in [0.3, 0.4) is 0 Å². The zero-order valence-electron chi connectivity index (χ0n) is 11.4. The van der Waals surface area contributed by atoms with Crippen molar-refractivity contribution in [2.24, 2.45) is 5.73 Å². The molecule has 0 saturated carbocycles. The molecule has 7 heteroatoms. The third-order valence-electron chi connectivity index (χ3n) is 3.31. The summed E-state index contributed by atoms with van der Waals surface area (Å²) in [4.78, 5) is 35.9. The molecule has 1 aliphatic rings. The van der Waals surface area contributed by atoms with Gasteiger partial charge in [-0.25, -0.2) is 4.79 Å². The van der Waals surface area contributed by atoms with Gasteiger partial charge in [-0.1, -0.05) is 13.8 Å². The van der Waals surface area contributed by atoms with Crippen LogP contribution in [0.2, 0.25) is 0 Å². The molecule has 1 atom stereocenters. The number of hydrogen-bond acceptors (Lipinski definition) is 4. The van der Waals surface area contributed by atoms with Gasteiger partial charge in [0.05, 0.1) is 12.5 Å². The van der Waals surface area contributed by atoms with Crippen molar-refractivity contribution in [3.05, 3.63) is 0 Å². The Morgan fingerprint density at radius 2 is 2.00 bits per heavy atom. The lowest BCUT2D eigenvalue weighted by Crippen LogP contribution is -2.45. The molecule has 0 aliphatic carbocycles. The van der Waals surface area contributed by atoms with Crippen LogP contribution in [0.15, 0.2) is 0 Å². The Kier molecular flexibility index (Phi) is 5.75. The highest BCUT2D eigenvalue weighted by atomic mass is 16.2. The van der Waals surface area contributed by atoms with Crippen molar-refractivity contribution in [1.82, 2.24) is 15.5 Å². The van der Waals surface area contributed by atoms with E-state index in [1.807, 2.05) is 13.8 Å². The van der Waals surface area contributed by atoms with Crippen molar-refractivity contribution >= 4 is 17.8 Å². The molecule has 108 valence electrons. The van der Waals surface area contributed by atoms with Crippen molar-refractivity contribution < 1.29 is 14.4 Å². The molecular weight excluding hydrogens is 248 g/mol. The smallest absolute Gasteiger partial charge is 0.312 e. The Bertz CT molecular complexity index is 355. The second-order valence-corrected chi connectivity index (χ2v) is 4.57. The number of primary amides is 1. The molecule has 1 unspecified atom stereocenters. The fraction of sp³-hybridized carbons (Fsp3) is 0.750. The molecule has 1 aliphatic heterocycles. The SMILES string of the molecule is CCC(CC)N1C(=O)CC(NCCNC(N)=O)C1=O. The standard InChI is InChI=1S/C12H22N4O3/c1-3-8(4-2)16-10(17)7-9(11(16)18)14-5-6-15-12(13)19/h8-9,14H,3-7H2,1-2H3,(H3,13,15,19). The summed E-state index contributed by atoms with van der Waals surface area (Å²) in [6.45, 7) is 4.67. The summed E-state index contributed by atoms with van der Waals surface area (Å²) >= 11 is 0. The molecule has 1 fully saturated rings. The lowest BCUT2D eigenvalue weighted by molar-refractivity contribution is -0.141. The van der Waals surface area contributed by atoms with E-state index in [4.69, 9.17) is 5.73 Å². The maximum Gasteiger partial charge on any atom is 0.312 e. The average molecular weight is 270 g/mol. The van der Waals surface area contributed by atoms with Gasteiger partial charge in [0, 0.05) is 19.1 Å². The molecule has 4 amide bonds. The number of rotatable bonds is 7. The Morgan fingerprint density at radius 1 is 1.37 bits per heavy atom. The van der Waals surface area contributed by atoms with Crippen LogP contribution in [0.4, 0.5) is 4.79 Å². The molecular formula is C12H22N4O3. The van der Waals surface area contributed by atoms with Crippen LogP contribution in [0.5, 0.6) is 0 Å². The van der Waals surface area contributed by atoms with Crippen molar-refractivity contribution in [2.75, 3.05) is 13.1 Å². The fourth-order valence-corrected chi connectivity index (χ4v) is 2.28. The Morgan fingerprint density at radius 3 is 2.53 bits per heavy atom.